The van der Waals surface area contributed by atoms with Crippen LogP contribution in [0.2, 0.25) is 0 Å². The van der Waals surface area contributed by atoms with Crippen LogP contribution < -0.4 is 10.2 Å². The van der Waals surface area contributed by atoms with Crippen LogP contribution in [0.3, 0.4) is 0 Å². The van der Waals surface area contributed by atoms with Crippen LogP contribution in [-0.4, -0.2) is 74.0 Å². The second-order valence-electron chi connectivity index (χ2n) is 4.92. The summed E-state index contributed by atoms with van der Waals surface area (Å²) in [5, 5.41) is 29.2. The van der Waals surface area contributed by atoms with Gasteiger partial charge in [-0.05, 0) is 0 Å². The summed E-state index contributed by atoms with van der Waals surface area (Å²) in [5.74, 6) is 0.278. The normalized spacial score (nSPS) is 27.5. The number of aliphatic hydroxyl groups excluding tert-OH is 3. The van der Waals surface area contributed by atoms with E-state index >= 15 is 0 Å². The molecule has 4 N–H and O–H groups in total. The molecule has 0 amide bonds. The first-order valence-corrected chi connectivity index (χ1v) is 6.80. The van der Waals surface area contributed by atoms with Crippen molar-refractivity contribution < 1.29 is 29.6 Å². The highest BCUT2D eigenvalue weighted by molar-refractivity contribution is 5.83. The van der Waals surface area contributed by atoms with E-state index in [0.29, 0.717) is 11.2 Å². The van der Waals surface area contributed by atoms with Crippen LogP contribution in [0.25, 0.3) is 11.2 Å². The standard InChI is InChI=1S/C12H17N5O6/c1-21-12-14-9(16-22-2)6-10(15-12)17(4-13-6)11-8(20)7(19)5(3-18)23-11/h4-5,7-8,11,18-20H,3H2,1-2H3,(H,14,15,16)/t5-,7?,8?,11-/m1/s1. The maximum Gasteiger partial charge on any atom is 0.320 e. The Morgan fingerprint density at radius 1 is 1.30 bits per heavy atom. The van der Waals surface area contributed by atoms with Crippen molar-refractivity contribution in [3.05, 3.63) is 6.33 Å². The number of fused-ring (bicyclic) bond motifs is 1. The summed E-state index contributed by atoms with van der Waals surface area (Å²) in [6, 6.07) is 0.0607. The van der Waals surface area contributed by atoms with Crippen molar-refractivity contribution in [3.63, 3.8) is 0 Å². The first-order chi connectivity index (χ1) is 11.1. The molecular weight excluding hydrogens is 310 g/mol. The summed E-state index contributed by atoms with van der Waals surface area (Å²) >= 11 is 0. The van der Waals surface area contributed by atoms with E-state index in [0.717, 1.165) is 0 Å². The zero-order chi connectivity index (χ0) is 16.6. The first kappa shape index (κ1) is 15.8. The number of rotatable bonds is 5. The number of nitrogens with zero attached hydrogens (tertiary/aromatic N) is 4. The van der Waals surface area contributed by atoms with E-state index in [9.17, 15) is 15.3 Å². The molecule has 1 fully saturated rings. The Morgan fingerprint density at radius 2 is 2.09 bits per heavy atom. The number of nitrogens with one attached hydrogen (secondary N) is 1. The molecule has 4 atom stereocenters. The fourth-order valence-corrected chi connectivity index (χ4v) is 2.45. The number of hydrogen-bond donors (Lipinski definition) is 4. The van der Waals surface area contributed by atoms with Crippen molar-refractivity contribution in [1.82, 2.24) is 19.5 Å². The maximum atomic E-state index is 10.1. The molecule has 2 aromatic rings. The Bertz CT molecular complexity index is 694. The third-order valence-electron chi connectivity index (χ3n) is 3.57. The van der Waals surface area contributed by atoms with Gasteiger partial charge >= 0.3 is 6.01 Å². The molecular formula is C12H17N5O6. The summed E-state index contributed by atoms with van der Waals surface area (Å²) in [6.45, 7) is -0.420. The lowest BCUT2D eigenvalue weighted by Gasteiger charge is -2.16. The smallest absolute Gasteiger partial charge is 0.320 e. The van der Waals surface area contributed by atoms with Gasteiger partial charge < -0.3 is 24.8 Å². The SMILES string of the molecule is CONc1nc(OC)nc2c1ncn2[C@@H]1O[C@H](CO)C(O)C1O. The molecule has 2 unspecified atom stereocenters. The lowest BCUT2D eigenvalue weighted by atomic mass is 10.1. The molecule has 3 rings (SSSR count). The van der Waals surface area contributed by atoms with E-state index in [4.69, 9.17) is 14.3 Å². The molecule has 11 nitrogen and oxygen atoms in total. The number of hydrogen-bond acceptors (Lipinski definition) is 10. The van der Waals surface area contributed by atoms with Crippen molar-refractivity contribution >= 4 is 17.0 Å². The van der Waals surface area contributed by atoms with Crippen LogP contribution in [0.1, 0.15) is 6.23 Å². The second kappa shape index (κ2) is 6.22. The van der Waals surface area contributed by atoms with Gasteiger partial charge in [0.15, 0.2) is 23.2 Å². The van der Waals surface area contributed by atoms with E-state index in [1.165, 1.54) is 25.1 Å². The topological polar surface area (TPSA) is 144 Å². The van der Waals surface area contributed by atoms with Crippen LogP contribution in [-0.2, 0) is 9.57 Å². The van der Waals surface area contributed by atoms with Gasteiger partial charge in [-0.15, -0.1) is 0 Å². The monoisotopic (exact) mass is 327 g/mol. The minimum absolute atomic E-state index is 0.0607. The largest absolute Gasteiger partial charge is 0.467 e. The summed E-state index contributed by atoms with van der Waals surface area (Å²) in [5.41, 5.74) is 3.25. The van der Waals surface area contributed by atoms with Gasteiger partial charge in [-0.2, -0.15) is 9.97 Å². The van der Waals surface area contributed by atoms with Gasteiger partial charge in [0.05, 0.1) is 27.2 Å². The predicted octanol–water partition coefficient (Wildman–Crippen LogP) is -1.58. The molecule has 0 aliphatic carbocycles. The lowest BCUT2D eigenvalue weighted by molar-refractivity contribution is -0.0511. The molecule has 0 aromatic carbocycles. The van der Waals surface area contributed by atoms with Gasteiger partial charge in [0.1, 0.15) is 18.3 Å². The number of aliphatic hydroxyl groups is 3. The van der Waals surface area contributed by atoms with Gasteiger partial charge in [-0.1, -0.05) is 0 Å². The third kappa shape index (κ3) is 2.58. The Kier molecular flexibility index (Phi) is 4.28. The Balaban J connectivity index is 2.07. The van der Waals surface area contributed by atoms with E-state index in [1.54, 1.807) is 0 Å². The first-order valence-electron chi connectivity index (χ1n) is 6.80. The molecule has 126 valence electrons. The number of aromatic nitrogens is 4. The minimum atomic E-state index is -1.25. The van der Waals surface area contributed by atoms with Crippen molar-refractivity contribution in [1.29, 1.82) is 0 Å². The Morgan fingerprint density at radius 3 is 2.70 bits per heavy atom. The summed E-state index contributed by atoms with van der Waals surface area (Å²) in [4.78, 5) is 17.3. The molecule has 11 heteroatoms. The van der Waals surface area contributed by atoms with Crippen molar-refractivity contribution in [2.24, 2.45) is 0 Å². The summed E-state index contributed by atoms with van der Waals surface area (Å²) in [6.07, 6.45) is -2.93. The molecule has 1 aliphatic heterocycles. The van der Waals surface area contributed by atoms with E-state index < -0.39 is 31.1 Å². The molecule has 3 heterocycles. The molecule has 0 bridgehead atoms. The van der Waals surface area contributed by atoms with Gasteiger partial charge in [0, 0.05) is 0 Å². The van der Waals surface area contributed by atoms with Gasteiger partial charge in [0.25, 0.3) is 0 Å². The third-order valence-corrected chi connectivity index (χ3v) is 3.57. The average molecular weight is 327 g/mol. The number of anilines is 1. The highest BCUT2D eigenvalue weighted by Crippen LogP contribution is 2.32. The van der Waals surface area contributed by atoms with Gasteiger partial charge in [0.2, 0.25) is 0 Å². The van der Waals surface area contributed by atoms with E-state index in [2.05, 4.69) is 20.4 Å². The van der Waals surface area contributed by atoms with Crippen LogP contribution in [0.15, 0.2) is 6.33 Å². The molecule has 1 saturated heterocycles. The van der Waals surface area contributed by atoms with Crippen LogP contribution in [0.4, 0.5) is 5.82 Å². The van der Waals surface area contributed by atoms with Gasteiger partial charge in [-0.25, -0.2) is 10.5 Å². The predicted molar refractivity (Wildman–Crippen MR) is 75.5 cm³/mol. The molecule has 1 aliphatic rings. The van der Waals surface area contributed by atoms with Crippen molar-refractivity contribution in [2.75, 3.05) is 26.3 Å². The molecule has 0 saturated carbocycles. The zero-order valence-electron chi connectivity index (χ0n) is 12.4. The quantitative estimate of drug-likeness (QED) is 0.475. The fraction of sp³-hybridized carbons (Fsp3) is 0.583. The van der Waals surface area contributed by atoms with Crippen LogP contribution in [0, 0.1) is 0 Å². The van der Waals surface area contributed by atoms with Crippen LogP contribution >= 0.6 is 0 Å². The molecule has 0 radical (unpaired) electrons. The number of methoxy groups -OCH3 is 1. The molecule has 0 spiro atoms. The average Bonchev–Trinajstić information content (AvgIpc) is 3.10. The van der Waals surface area contributed by atoms with Crippen molar-refractivity contribution in [2.45, 2.75) is 24.5 Å². The highest BCUT2D eigenvalue weighted by Gasteiger charge is 2.44. The Hall–Kier alpha value is -2.05. The maximum absolute atomic E-state index is 10.1. The van der Waals surface area contributed by atoms with Gasteiger partial charge in [-0.3, -0.25) is 9.40 Å². The highest BCUT2D eigenvalue weighted by atomic mass is 16.6. The van der Waals surface area contributed by atoms with E-state index in [-0.39, 0.29) is 11.8 Å². The van der Waals surface area contributed by atoms with Crippen molar-refractivity contribution in [3.8, 4) is 6.01 Å². The van der Waals surface area contributed by atoms with Crippen LogP contribution in [0.5, 0.6) is 6.01 Å². The summed E-state index contributed by atoms with van der Waals surface area (Å²) < 4.78 is 12.0. The molecule has 2 aromatic heterocycles. The summed E-state index contributed by atoms with van der Waals surface area (Å²) in [7, 11) is 2.83. The fourth-order valence-electron chi connectivity index (χ4n) is 2.45. The Labute approximate surface area is 130 Å². The second-order valence-corrected chi connectivity index (χ2v) is 4.92. The van der Waals surface area contributed by atoms with E-state index in [1.807, 2.05) is 0 Å². The minimum Gasteiger partial charge on any atom is -0.467 e. The zero-order valence-corrected chi connectivity index (χ0v) is 12.4. The number of ether oxygens (including phenoxy) is 2. The lowest BCUT2D eigenvalue weighted by Crippen LogP contribution is -2.33. The number of imidazole rings is 1. The molecule has 23 heavy (non-hydrogen) atoms.